The highest BCUT2D eigenvalue weighted by molar-refractivity contribution is 5.89. The van der Waals surface area contributed by atoms with Crippen LogP contribution in [0.15, 0.2) is 30.3 Å². The fourth-order valence-electron chi connectivity index (χ4n) is 4.92. The van der Waals surface area contributed by atoms with Crippen LogP contribution >= 0.6 is 0 Å². The van der Waals surface area contributed by atoms with Crippen LogP contribution in [0.4, 0.5) is 23.4 Å². The van der Waals surface area contributed by atoms with E-state index < -0.39 is 23.3 Å². The Labute approximate surface area is 206 Å². The lowest BCUT2D eigenvalue weighted by atomic mass is 10.0. The molecular weight excluding hydrogens is 476 g/mol. The molecule has 2 atom stereocenters. The number of anilines is 1. The topological polar surface area (TPSA) is 66.4 Å². The zero-order chi connectivity index (χ0) is 25.4. The van der Waals surface area contributed by atoms with E-state index in [1.807, 2.05) is 18.9 Å². The molecule has 2 fully saturated rings. The molecule has 2 aliphatic rings. The van der Waals surface area contributed by atoms with Crippen LogP contribution in [0.1, 0.15) is 25.3 Å². The van der Waals surface area contributed by atoms with Gasteiger partial charge in [0, 0.05) is 37.3 Å². The van der Waals surface area contributed by atoms with Crippen LogP contribution in [0.3, 0.4) is 0 Å². The predicted octanol–water partition coefficient (Wildman–Crippen LogP) is 4.12. The number of fused-ring (bicyclic) bond motifs is 1. The van der Waals surface area contributed by atoms with E-state index in [0.29, 0.717) is 37.4 Å². The van der Waals surface area contributed by atoms with Crippen molar-refractivity contribution >= 4 is 16.9 Å². The molecule has 0 aliphatic carbocycles. The third-order valence-electron chi connectivity index (χ3n) is 6.94. The number of aromatic nitrogens is 3. The summed E-state index contributed by atoms with van der Waals surface area (Å²) in [7, 11) is 2.03. The Morgan fingerprint density at radius 1 is 1.14 bits per heavy atom. The Balaban J connectivity index is 1.62. The van der Waals surface area contributed by atoms with E-state index in [1.54, 1.807) is 0 Å². The second-order valence-corrected chi connectivity index (χ2v) is 9.40. The highest BCUT2D eigenvalue weighted by Gasteiger charge is 2.35. The van der Waals surface area contributed by atoms with E-state index in [1.165, 1.54) is 24.3 Å². The molecule has 0 amide bonds. The molecule has 2 aliphatic heterocycles. The fourth-order valence-corrected chi connectivity index (χ4v) is 4.92. The van der Waals surface area contributed by atoms with E-state index in [9.17, 15) is 13.2 Å². The maximum absolute atomic E-state index is 15.4. The van der Waals surface area contributed by atoms with Crippen molar-refractivity contribution in [2.24, 2.45) is 0 Å². The van der Waals surface area contributed by atoms with Gasteiger partial charge in [0.05, 0.1) is 10.9 Å². The summed E-state index contributed by atoms with van der Waals surface area (Å²) in [6, 6.07) is 6.37. The number of halogens is 4. The van der Waals surface area contributed by atoms with Gasteiger partial charge >= 0.3 is 12.2 Å². The van der Waals surface area contributed by atoms with Gasteiger partial charge in [-0.05, 0) is 45.5 Å². The van der Waals surface area contributed by atoms with Crippen molar-refractivity contribution in [3.05, 3.63) is 41.7 Å². The normalized spacial score (nSPS) is 21.3. The Morgan fingerprint density at radius 2 is 1.94 bits per heavy atom. The average molecular weight is 505 g/mol. The van der Waals surface area contributed by atoms with Gasteiger partial charge in [0.2, 0.25) is 0 Å². The van der Waals surface area contributed by atoms with E-state index in [2.05, 4.69) is 25.2 Å². The van der Waals surface area contributed by atoms with Gasteiger partial charge in [-0.3, -0.25) is 0 Å². The van der Waals surface area contributed by atoms with Gasteiger partial charge in [0.1, 0.15) is 23.9 Å². The first-order valence-corrected chi connectivity index (χ1v) is 12.1. The highest BCUT2D eigenvalue weighted by atomic mass is 19.4. The van der Waals surface area contributed by atoms with Crippen molar-refractivity contribution in [1.82, 2.24) is 25.2 Å². The number of nitrogens with one attached hydrogen (secondary N) is 1. The second-order valence-electron chi connectivity index (χ2n) is 9.40. The minimum atomic E-state index is -4.66. The third-order valence-corrected chi connectivity index (χ3v) is 6.94. The molecular formula is C25H28F4N6O. The van der Waals surface area contributed by atoms with Crippen LogP contribution in [0.2, 0.25) is 0 Å². The van der Waals surface area contributed by atoms with Crippen molar-refractivity contribution in [2.45, 2.75) is 38.0 Å². The van der Waals surface area contributed by atoms with E-state index >= 15 is 4.39 Å². The molecule has 4 heterocycles. The zero-order valence-electron chi connectivity index (χ0n) is 20.1. The number of nitrogens with zero attached hydrogens (tertiary/aromatic N) is 5. The molecule has 1 aromatic carbocycles. The molecule has 2 unspecified atom stereocenters. The van der Waals surface area contributed by atoms with Crippen LogP contribution in [-0.4, -0.2) is 71.8 Å². The molecule has 192 valence electrons. The molecule has 0 bridgehead atoms. The van der Waals surface area contributed by atoms with Crippen LogP contribution in [0.25, 0.3) is 22.3 Å². The lowest BCUT2D eigenvalue weighted by molar-refractivity contribution is -0.137. The van der Waals surface area contributed by atoms with Gasteiger partial charge in [0.25, 0.3) is 0 Å². The van der Waals surface area contributed by atoms with Crippen LogP contribution < -0.4 is 15.0 Å². The van der Waals surface area contributed by atoms with E-state index in [4.69, 9.17) is 4.74 Å². The predicted molar refractivity (Wildman–Crippen MR) is 129 cm³/mol. The Morgan fingerprint density at radius 3 is 2.67 bits per heavy atom. The van der Waals surface area contributed by atoms with Crippen molar-refractivity contribution in [3.8, 4) is 17.3 Å². The maximum atomic E-state index is 15.4. The molecule has 36 heavy (non-hydrogen) atoms. The number of pyridine rings is 1. The minimum Gasteiger partial charge on any atom is -0.462 e. The van der Waals surface area contributed by atoms with Crippen LogP contribution in [0.5, 0.6) is 6.01 Å². The standard InChI is InChI=1S/C25H28F4N6O/c1-15-13-30-9-11-35(15)23-18-12-20(26)21(17-7-3-4-8-19(17)25(27,28)29)31-22(18)32-24(33-23)36-14-16-6-5-10-34(16)2/h3-4,7-8,12,15-16,30H,5-6,9-11,13-14H2,1-2H3. The summed E-state index contributed by atoms with van der Waals surface area (Å²) in [5, 5.41) is 3.64. The minimum absolute atomic E-state index is 0.0550. The number of hydrogen-bond donors (Lipinski definition) is 1. The number of likely N-dealkylation sites (N-methyl/N-ethyl adjacent to an activating group) is 1. The second kappa shape index (κ2) is 9.78. The van der Waals surface area contributed by atoms with Gasteiger partial charge in [-0.25, -0.2) is 9.37 Å². The van der Waals surface area contributed by atoms with Gasteiger partial charge in [-0.1, -0.05) is 18.2 Å². The number of piperazine rings is 1. The molecule has 11 heteroatoms. The van der Waals surface area contributed by atoms with Crippen LogP contribution in [-0.2, 0) is 6.18 Å². The van der Waals surface area contributed by atoms with Gasteiger partial charge in [0.15, 0.2) is 5.65 Å². The van der Waals surface area contributed by atoms with E-state index in [0.717, 1.165) is 25.5 Å². The number of benzene rings is 1. The van der Waals surface area contributed by atoms with E-state index in [-0.39, 0.29) is 29.3 Å². The average Bonchev–Trinajstić information content (AvgIpc) is 3.26. The lowest BCUT2D eigenvalue weighted by Crippen LogP contribution is -2.50. The first-order valence-electron chi connectivity index (χ1n) is 12.1. The first-order chi connectivity index (χ1) is 17.2. The SMILES string of the molecule is CC1CNCCN1c1nc(OCC2CCCN2C)nc2nc(-c3ccccc3C(F)(F)F)c(F)cc12. The molecule has 0 radical (unpaired) electrons. The van der Waals surface area contributed by atoms with Gasteiger partial charge < -0.3 is 19.9 Å². The summed E-state index contributed by atoms with van der Waals surface area (Å²) in [6.45, 7) is 5.43. The Hall–Kier alpha value is -3.05. The first kappa shape index (κ1) is 24.6. The number of likely N-dealkylation sites (tertiary alicyclic amines) is 1. The van der Waals surface area contributed by atoms with Gasteiger partial charge in [-0.2, -0.15) is 23.1 Å². The molecule has 2 aromatic heterocycles. The molecule has 0 saturated carbocycles. The summed E-state index contributed by atoms with van der Waals surface area (Å²) < 4.78 is 62.3. The summed E-state index contributed by atoms with van der Waals surface area (Å²) in [4.78, 5) is 17.6. The molecule has 2 saturated heterocycles. The molecule has 0 spiro atoms. The molecule has 7 nitrogen and oxygen atoms in total. The Bertz CT molecular complexity index is 1250. The summed E-state index contributed by atoms with van der Waals surface area (Å²) >= 11 is 0. The molecule has 1 N–H and O–H groups in total. The monoisotopic (exact) mass is 504 g/mol. The fraction of sp³-hybridized carbons (Fsp3) is 0.480. The lowest BCUT2D eigenvalue weighted by Gasteiger charge is -2.35. The van der Waals surface area contributed by atoms with Crippen molar-refractivity contribution in [1.29, 1.82) is 0 Å². The Kier molecular flexibility index (Phi) is 6.69. The number of ether oxygens (including phenoxy) is 1. The number of alkyl halides is 3. The highest BCUT2D eigenvalue weighted by Crippen LogP contribution is 2.38. The molecule has 5 rings (SSSR count). The summed E-state index contributed by atoms with van der Waals surface area (Å²) in [6.07, 6.45) is -2.59. The zero-order valence-corrected chi connectivity index (χ0v) is 20.1. The smallest absolute Gasteiger partial charge is 0.417 e. The maximum Gasteiger partial charge on any atom is 0.417 e. The summed E-state index contributed by atoms with van der Waals surface area (Å²) in [5.41, 5.74) is -1.61. The third kappa shape index (κ3) is 4.81. The molecule has 3 aromatic rings. The van der Waals surface area contributed by atoms with Crippen molar-refractivity contribution in [2.75, 3.05) is 44.7 Å². The van der Waals surface area contributed by atoms with Gasteiger partial charge in [-0.15, -0.1) is 0 Å². The van der Waals surface area contributed by atoms with Crippen molar-refractivity contribution < 1.29 is 22.3 Å². The van der Waals surface area contributed by atoms with Crippen LogP contribution in [0, 0.1) is 5.82 Å². The number of hydrogen-bond acceptors (Lipinski definition) is 7. The summed E-state index contributed by atoms with van der Waals surface area (Å²) in [5.74, 6) is -0.404. The quantitative estimate of drug-likeness (QED) is 0.525. The number of rotatable bonds is 5. The van der Waals surface area contributed by atoms with Crippen molar-refractivity contribution in [3.63, 3.8) is 0 Å². The largest absolute Gasteiger partial charge is 0.462 e.